The Hall–Kier alpha value is -4.43. The molecule has 2 aliphatic carbocycles. The van der Waals surface area contributed by atoms with Gasteiger partial charge in [-0.15, -0.1) is 25.2 Å². The summed E-state index contributed by atoms with van der Waals surface area (Å²) < 4.78 is 54.8. The lowest BCUT2D eigenvalue weighted by Gasteiger charge is -2.22. The van der Waals surface area contributed by atoms with Crippen molar-refractivity contribution in [1.29, 1.82) is 0 Å². The minimum absolute atomic E-state index is 0.207. The molecule has 0 amide bonds. The maximum absolute atomic E-state index is 12.3. The van der Waals surface area contributed by atoms with Gasteiger partial charge in [-0.1, -0.05) is 113 Å². The van der Waals surface area contributed by atoms with Crippen molar-refractivity contribution in [1.82, 2.24) is 50.3 Å². The van der Waals surface area contributed by atoms with Crippen molar-refractivity contribution in [2.75, 3.05) is 14.1 Å². The van der Waals surface area contributed by atoms with Gasteiger partial charge in [-0.25, -0.2) is 26.3 Å². The van der Waals surface area contributed by atoms with Gasteiger partial charge in [0.2, 0.25) is 31.7 Å². The molecule has 2 heterocycles. The molecule has 3 N–H and O–H groups in total. The zero-order valence-electron chi connectivity index (χ0n) is 33.3. The second kappa shape index (κ2) is 21.2. The van der Waals surface area contributed by atoms with E-state index in [1.807, 2.05) is 60.7 Å². The fraction of sp³-hybridized carbons (Fsp3) is 0.381. The maximum Gasteiger partial charge on any atom is 0.240 e. The standard InChI is InChI=1S/C21H25N5O2S.C15H21N5O2S.C6H5I/c1-22-29(27,28)19-13-12-17(14-16-8-4-2-5-9-16)20(15-19)21-23-25-26(24-21)18-10-6-3-7-11-18;1-16-23(21,22)13-8-7-12(9-11-5-3-2-4-6-11)14(10-13)15-17-19-20-18-15;7-6-4-2-1-3-5-6/h3,6-7,10-13,15-16,22H,2,4-5,8-9,14H2,1H3;7-8,10-11,16H,2-6,9H2,1H3,(H,17,18,19,20);1-5H. The zero-order chi connectivity index (χ0) is 41.7. The minimum atomic E-state index is -3.56. The number of sulfonamides is 2. The highest BCUT2D eigenvalue weighted by atomic mass is 127. The van der Waals surface area contributed by atoms with Gasteiger partial charge in [0, 0.05) is 14.7 Å². The largest absolute Gasteiger partial charge is 0.240 e. The zero-order valence-corrected chi connectivity index (χ0v) is 37.1. The lowest BCUT2D eigenvalue weighted by molar-refractivity contribution is 0.357. The minimum Gasteiger partial charge on any atom is -0.214 e. The van der Waals surface area contributed by atoms with Crippen molar-refractivity contribution in [3.63, 3.8) is 0 Å². The Morgan fingerprint density at radius 3 is 1.58 bits per heavy atom. The number of hydrogen-bond donors (Lipinski definition) is 3. The molecular weight excluding hydrogens is 900 g/mol. The summed E-state index contributed by atoms with van der Waals surface area (Å²) in [5.74, 6) is 2.12. The van der Waals surface area contributed by atoms with Crippen LogP contribution in [0.2, 0.25) is 0 Å². The molecule has 8 rings (SSSR count). The summed E-state index contributed by atoms with van der Waals surface area (Å²) in [6.45, 7) is 0. The topological polar surface area (TPSA) is 190 Å². The third-order valence-corrected chi connectivity index (χ3v) is 14.3. The van der Waals surface area contributed by atoms with Crippen molar-refractivity contribution in [3.05, 3.63) is 112 Å². The first-order chi connectivity index (χ1) is 28.6. The Labute approximate surface area is 360 Å². The average Bonchev–Trinajstić information content (AvgIpc) is 4.00. The molecule has 0 bridgehead atoms. The van der Waals surface area contributed by atoms with Crippen molar-refractivity contribution >= 4 is 42.6 Å². The lowest BCUT2D eigenvalue weighted by Crippen LogP contribution is -2.19. The first kappa shape index (κ1) is 44.1. The van der Waals surface area contributed by atoms with Crippen LogP contribution in [0, 0.1) is 15.4 Å². The number of halogens is 1. The lowest BCUT2D eigenvalue weighted by atomic mass is 9.84. The molecule has 0 atom stereocenters. The number of H-pyrrole nitrogens is 1. The molecule has 0 unspecified atom stereocenters. The van der Waals surface area contributed by atoms with Crippen LogP contribution in [0.4, 0.5) is 0 Å². The van der Waals surface area contributed by atoms with E-state index in [-0.39, 0.29) is 9.79 Å². The third-order valence-electron chi connectivity index (χ3n) is 10.7. The van der Waals surface area contributed by atoms with Crippen LogP contribution in [0.3, 0.4) is 0 Å². The Balaban J connectivity index is 0.000000173. The molecule has 6 aromatic rings. The van der Waals surface area contributed by atoms with Crippen LogP contribution >= 0.6 is 22.6 Å². The summed E-state index contributed by atoms with van der Waals surface area (Å²) in [4.78, 5) is 1.89. The van der Waals surface area contributed by atoms with Crippen LogP contribution in [0.15, 0.2) is 107 Å². The first-order valence-corrected chi connectivity index (χ1v) is 24.0. The molecule has 4 aromatic carbocycles. The summed E-state index contributed by atoms with van der Waals surface area (Å²) in [6.07, 6.45) is 14.4. The molecule has 0 radical (unpaired) electrons. The predicted octanol–water partition coefficient (Wildman–Crippen LogP) is 7.55. The van der Waals surface area contributed by atoms with Crippen LogP contribution < -0.4 is 9.44 Å². The SMILES string of the molecule is CNS(=O)(=O)c1ccc(CC2CCCCC2)c(-c2nn[nH]n2)c1.CNS(=O)(=O)c1ccc(CC2CCCCC2)c(-c2nnn(-c3ccccc3)n2)c1.Ic1ccccc1. The molecule has 0 aliphatic heterocycles. The third kappa shape index (κ3) is 12.3. The van der Waals surface area contributed by atoms with Gasteiger partial charge >= 0.3 is 0 Å². The molecule has 0 saturated heterocycles. The van der Waals surface area contributed by atoms with Gasteiger partial charge in [0.15, 0.2) is 0 Å². The number of tetrazole rings is 2. The average molecular weight is 951 g/mol. The Morgan fingerprint density at radius 2 is 1.14 bits per heavy atom. The second-order valence-electron chi connectivity index (χ2n) is 14.7. The molecule has 2 aromatic heterocycles. The molecule has 2 saturated carbocycles. The van der Waals surface area contributed by atoms with E-state index < -0.39 is 20.0 Å². The molecule has 14 nitrogen and oxygen atoms in total. The van der Waals surface area contributed by atoms with Gasteiger partial charge in [0.25, 0.3) is 0 Å². The summed E-state index contributed by atoms with van der Waals surface area (Å²) in [5, 5.41) is 27.0. The van der Waals surface area contributed by atoms with Gasteiger partial charge in [-0.2, -0.15) is 5.21 Å². The van der Waals surface area contributed by atoms with E-state index in [0.29, 0.717) is 23.5 Å². The Kier molecular flexibility index (Phi) is 15.9. The monoisotopic (exact) mass is 950 g/mol. The van der Waals surface area contributed by atoms with E-state index >= 15 is 0 Å². The van der Waals surface area contributed by atoms with E-state index in [0.717, 1.165) is 40.8 Å². The highest BCUT2D eigenvalue weighted by molar-refractivity contribution is 14.1. The van der Waals surface area contributed by atoms with Crippen molar-refractivity contribution in [2.24, 2.45) is 11.8 Å². The van der Waals surface area contributed by atoms with E-state index in [4.69, 9.17) is 0 Å². The molecule has 312 valence electrons. The van der Waals surface area contributed by atoms with Crippen LogP contribution in [-0.4, -0.2) is 71.8 Å². The number of aromatic amines is 1. The van der Waals surface area contributed by atoms with Crippen molar-refractivity contribution in [2.45, 2.75) is 86.8 Å². The number of rotatable bonds is 11. The summed E-state index contributed by atoms with van der Waals surface area (Å²) >= 11 is 2.28. The van der Waals surface area contributed by atoms with Gasteiger partial charge in [0.05, 0.1) is 15.5 Å². The van der Waals surface area contributed by atoms with Gasteiger partial charge in [0.1, 0.15) is 0 Å². The number of nitrogens with one attached hydrogen (secondary N) is 3. The highest BCUT2D eigenvalue weighted by Gasteiger charge is 2.23. The first-order valence-electron chi connectivity index (χ1n) is 20.0. The Bertz CT molecular complexity index is 2440. The van der Waals surface area contributed by atoms with Crippen molar-refractivity contribution < 1.29 is 16.8 Å². The van der Waals surface area contributed by atoms with Crippen LogP contribution in [0.25, 0.3) is 28.5 Å². The molecule has 2 aliphatic rings. The molecule has 59 heavy (non-hydrogen) atoms. The molecule has 0 spiro atoms. The van der Waals surface area contributed by atoms with E-state index in [2.05, 4.69) is 80.2 Å². The molecular formula is C42H51IN10O4S2. The normalized spacial score (nSPS) is 15.1. The smallest absolute Gasteiger partial charge is 0.214 e. The van der Waals surface area contributed by atoms with Gasteiger partial charge < -0.3 is 0 Å². The van der Waals surface area contributed by atoms with Gasteiger partial charge in [-0.3, -0.25) is 0 Å². The predicted molar refractivity (Wildman–Crippen MR) is 236 cm³/mol. The number of benzene rings is 4. The Morgan fingerprint density at radius 1 is 0.644 bits per heavy atom. The molecule has 2 fully saturated rings. The van der Waals surface area contributed by atoms with Crippen LogP contribution in [-0.2, 0) is 32.9 Å². The number of nitrogens with zero attached hydrogens (tertiary/aromatic N) is 7. The van der Waals surface area contributed by atoms with E-state index in [9.17, 15) is 16.8 Å². The summed E-state index contributed by atoms with van der Waals surface area (Å²) in [6, 6.07) is 30.1. The number of aromatic nitrogens is 8. The fourth-order valence-corrected chi connectivity index (χ4v) is 9.47. The maximum atomic E-state index is 12.3. The summed E-state index contributed by atoms with van der Waals surface area (Å²) in [7, 11) is -4.24. The second-order valence-corrected chi connectivity index (χ2v) is 19.8. The quantitative estimate of drug-likeness (QED) is 0.109. The van der Waals surface area contributed by atoms with E-state index in [1.54, 1.807) is 24.3 Å². The van der Waals surface area contributed by atoms with Crippen LogP contribution in [0.1, 0.15) is 75.3 Å². The van der Waals surface area contributed by atoms with E-state index in [1.165, 1.54) is 86.7 Å². The van der Waals surface area contributed by atoms with Crippen LogP contribution in [0.5, 0.6) is 0 Å². The molecule has 17 heteroatoms. The number of hydrogen-bond acceptors (Lipinski definition) is 10. The number of para-hydroxylation sites is 1. The fourth-order valence-electron chi connectivity index (χ4n) is 7.54. The van der Waals surface area contributed by atoms with Crippen molar-refractivity contribution in [3.8, 4) is 28.5 Å². The van der Waals surface area contributed by atoms with Gasteiger partial charge in [-0.05, 0) is 131 Å². The summed E-state index contributed by atoms with van der Waals surface area (Å²) in [5.41, 5.74) is 4.42. The highest BCUT2D eigenvalue weighted by Crippen LogP contribution is 2.33.